The summed E-state index contributed by atoms with van der Waals surface area (Å²) >= 11 is 0. The molecule has 1 amide bonds. The average molecular weight is 263 g/mol. The van der Waals surface area contributed by atoms with Crippen LogP contribution in [0.4, 0.5) is 0 Å². The van der Waals surface area contributed by atoms with Crippen LogP contribution in [0.1, 0.15) is 32.3 Å². The van der Waals surface area contributed by atoms with Crippen molar-refractivity contribution in [3.8, 4) is 0 Å². The van der Waals surface area contributed by atoms with E-state index in [1.165, 1.54) is 0 Å². The number of carboxylic acids is 1. The first-order valence-corrected chi connectivity index (χ1v) is 6.53. The van der Waals surface area contributed by atoms with E-state index in [1.54, 1.807) is 11.8 Å². The van der Waals surface area contributed by atoms with Crippen molar-refractivity contribution in [3.63, 3.8) is 0 Å². The largest absolute Gasteiger partial charge is 0.481 e. The monoisotopic (exact) mass is 263 g/mol. The summed E-state index contributed by atoms with van der Waals surface area (Å²) in [6.45, 7) is 6.11. The third kappa shape index (κ3) is 4.09. The molecule has 4 nitrogen and oxygen atoms in total. The second-order valence-corrected chi connectivity index (χ2v) is 4.75. The standard InChI is InChI=1S/C15H21NO3/c1-4-16(10-11(2)15(18)19)14(17)12(3)13-8-6-5-7-9-13/h5-9,11-12H,4,10H2,1-3H3,(H,18,19). The number of benzene rings is 1. The van der Waals surface area contributed by atoms with E-state index in [9.17, 15) is 9.59 Å². The predicted molar refractivity (Wildman–Crippen MR) is 73.9 cm³/mol. The highest BCUT2D eigenvalue weighted by molar-refractivity contribution is 5.83. The van der Waals surface area contributed by atoms with Crippen LogP contribution >= 0.6 is 0 Å². The van der Waals surface area contributed by atoms with E-state index in [0.717, 1.165) is 5.56 Å². The van der Waals surface area contributed by atoms with E-state index in [4.69, 9.17) is 5.11 Å². The molecule has 2 atom stereocenters. The fourth-order valence-corrected chi connectivity index (χ4v) is 1.94. The SMILES string of the molecule is CCN(CC(C)C(=O)O)C(=O)C(C)c1ccccc1. The molecule has 104 valence electrons. The van der Waals surface area contributed by atoms with Gasteiger partial charge in [-0.3, -0.25) is 9.59 Å². The molecule has 0 radical (unpaired) electrons. The summed E-state index contributed by atoms with van der Waals surface area (Å²) in [5.41, 5.74) is 0.953. The van der Waals surface area contributed by atoms with Gasteiger partial charge in [0.05, 0.1) is 11.8 Å². The second kappa shape index (κ2) is 6.92. The van der Waals surface area contributed by atoms with Crippen LogP contribution in [0.15, 0.2) is 30.3 Å². The number of aliphatic carboxylic acids is 1. The van der Waals surface area contributed by atoms with Crippen LogP contribution in [0.2, 0.25) is 0 Å². The van der Waals surface area contributed by atoms with E-state index in [-0.39, 0.29) is 18.4 Å². The van der Waals surface area contributed by atoms with Gasteiger partial charge in [-0.15, -0.1) is 0 Å². The summed E-state index contributed by atoms with van der Waals surface area (Å²) < 4.78 is 0. The third-order valence-electron chi connectivity index (χ3n) is 3.28. The van der Waals surface area contributed by atoms with Gasteiger partial charge in [-0.2, -0.15) is 0 Å². The molecule has 4 heteroatoms. The highest BCUT2D eigenvalue weighted by Crippen LogP contribution is 2.18. The Balaban J connectivity index is 2.76. The van der Waals surface area contributed by atoms with E-state index in [0.29, 0.717) is 6.54 Å². The number of hydrogen-bond donors (Lipinski definition) is 1. The van der Waals surface area contributed by atoms with Crippen molar-refractivity contribution in [2.24, 2.45) is 5.92 Å². The molecule has 0 aliphatic carbocycles. The lowest BCUT2D eigenvalue weighted by Crippen LogP contribution is -2.39. The van der Waals surface area contributed by atoms with Crippen LogP contribution in [0.25, 0.3) is 0 Å². The van der Waals surface area contributed by atoms with Crippen LogP contribution in [0.3, 0.4) is 0 Å². The first kappa shape index (κ1) is 15.2. The Kier molecular flexibility index (Phi) is 5.55. The maximum absolute atomic E-state index is 12.4. The Morgan fingerprint density at radius 1 is 1.21 bits per heavy atom. The fourth-order valence-electron chi connectivity index (χ4n) is 1.94. The molecule has 0 saturated heterocycles. The molecule has 0 fully saturated rings. The predicted octanol–water partition coefficient (Wildman–Crippen LogP) is 2.36. The molecule has 0 aliphatic rings. The molecular formula is C15H21NO3. The van der Waals surface area contributed by atoms with E-state index >= 15 is 0 Å². The minimum atomic E-state index is -0.876. The van der Waals surface area contributed by atoms with Gasteiger partial charge in [0.15, 0.2) is 0 Å². The summed E-state index contributed by atoms with van der Waals surface area (Å²) in [5, 5.41) is 8.93. The van der Waals surface area contributed by atoms with Crippen molar-refractivity contribution >= 4 is 11.9 Å². The molecule has 0 saturated carbocycles. The number of carboxylic acid groups (broad SMARTS) is 1. The lowest BCUT2D eigenvalue weighted by Gasteiger charge is -2.26. The Bertz CT molecular complexity index is 430. The number of amides is 1. The van der Waals surface area contributed by atoms with Gasteiger partial charge in [0.25, 0.3) is 0 Å². The number of carbonyl (C=O) groups is 2. The molecule has 0 heterocycles. The number of carbonyl (C=O) groups excluding carboxylic acids is 1. The lowest BCUT2D eigenvalue weighted by atomic mass is 9.99. The molecule has 19 heavy (non-hydrogen) atoms. The molecule has 0 aromatic heterocycles. The van der Waals surface area contributed by atoms with Gasteiger partial charge in [-0.25, -0.2) is 0 Å². The molecule has 0 spiro atoms. The van der Waals surface area contributed by atoms with Gasteiger partial charge in [0.2, 0.25) is 5.91 Å². The zero-order chi connectivity index (χ0) is 14.4. The quantitative estimate of drug-likeness (QED) is 0.857. The van der Waals surface area contributed by atoms with E-state index < -0.39 is 11.9 Å². The summed E-state index contributed by atoms with van der Waals surface area (Å²) in [6, 6.07) is 9.53. The molecule has 1 aromatic carbocycles. The molecule has 0 aliphatic heterocycles. The van der Waals surface area contributed by atoms with Crippen molar-refractivity contribution in [2.45, 2.75) is 26.7 Å². The van der Waals surface area contributed by atoms with Gasteiger partial charge in [0.1, 0.15) is 0 Å². The molecule has 0 bridgehead atoms. The first-order chi connectivity index (χ1) is 8.97. The lowest BCUT2D eigenvalue weighted by molar-refractivity contribution is -0.143. The van der Waals surface area contributed by atoms with E-state index in [2.05, 4.69) is 0 Å². The molecule has 2 unspecified atom stereocenters. The van der Waals surface area contributed by atoms with Crippen LogP contribution in [-0.2, 0) is 9.59 Å². The Morgan fingerprint density at radius 3 is 2.26 bits per heavy atom. The Hall–Kier alpha value is -1.84. The highest BCUT2D eigenvalue weighted by atomic mass is 16.4. The summed E-state index contributed by atoms with van der Waals surface area (Å²) in [4.78, 5) is 24.8. The second-order valence-electron chi connectivity index (χ2n) is 4.75. The topological polar surface area (TPSA) is 57.6 Å². The Morgan fingerprint density at radius 2 is 1.79 bits per heavy atom. The summed E-state index contributed by atoms with van der Waals surface area (Å²) in [5.74, 6) is -1.70. The van der Waals surface area contributed by atoms with E-state index in [1.807, 2.05) is 44.2 Å². The summed E-state index contributed by atoms with van der Waals surface area (Å²) in [7, 11) is 0. The number of hydrogen-bond acceptors (Lipinski definition) is 2. The molecule has 1 rings (SSSR count). The maximum Gasteiger partial charge on any atom is 0.308 e. The van der Waals surface area contributed by atoms with Gasteiger partial charge >= 0.3 is 5.97 Å². The van der Waals surface area contributed by atoms with Gasteiger partial charge in [-0.05, 0) is 19.4 Å². The van der Waals surface area contributed by atoms with Crippen LogP contribution in [-0.4, -0.2) is 35.0 Å². The number of likely N-dealkylation sites (N-methyl/N-ethyl adjacent to an activating group) is 1. The van der Waals surface area contributed by atoms with Crippen LogP contribution in [0.5, 0.6) is 0 Å². The maximum atomic E-state index is 12.4. The zero-order valence-electron chi connectivity index (χ0n) is 11.7. The normalized spacial score (nSPS) is 13.6. The summed E-state index contributed by atoms with van der Waals surface area (Å²) in [6.07, 6.45) is 0. The minimum absolute atomic E-state index is 0.0261. The van der Waals surface area contributed by atoms with Crippen molar-refractivity contribution in [2.75, 3.05) is 13.1 Å². The third-order valence-corrected chi connectivity index (χ3v) is 3.28. The van der Waals surface area contributed by atoms with Gasteiger partial charge in [0, 0.05) is 13.1 Å². The van der Waals surface area contributed by atoms with Gasteiger partial charge in [-0.1, -0.05) is 37.3 Å². The van der Waals surface area contributed by atoms with Crippen molar-refractivity contribution in [1.29, 1.82) is 0 Å². The average Bonchev–Trinajstić information content (AvgIpc) is 2.43. The van der Waals surface area contributed by atoms with Crippen molar-refractivity contribution in [3.05, 3.63) is 35.9 Å². The molecule has 1 aromatic rings. The van der Waals surface area contributed by atoms with Crippen molar-refractivity contribution < 1.29 is 14.7 Å². The zero-order valence-corrected chi connectivity index (χ0v) is 11.7. The number of nitrogens with zero attached hydrogens (tertiary/aromatic N) is 1. The van der Waals surface area contributed by atoms with Gasteiger partial charge < -0.3 is 10.0 Å². The Labute approximate surface area is 114 Å². The van der Waals surface area contributed by atoms with Crippen molar-refractivity contribution in [1.82, 2.24) is 4.90 Å². The molecular weight excluding hydrogens is 242 g/mol. The van der Waals surface area contributed by atoms with Crippen LogP contribution < -0.4 is 0 Å². The minimum Gasteiger partial charge on any atom is -0.481 e. The fraction of sp³-hybridized carbons (Fsp3) is 0.467. The highest BCUT2D eigenvalue weighted by Gasteiger charge is 2.24. The number of rotatable bonds is 6. The van der Waals surface area contributed by atoms with Crippen LogP contribution in [0, 0.1) is 5.92 Å². The first-order valence-electron chi connectivity index (χ1n) is 6.53. The smallest absolute Gasteiger partial charge is 0.308 e. The molecule has 1 N–H and O–H groups in total.